The Morgan fingerprint density at radius 3 is 2.28 bits per heavy atom. The Morgan fingerprint density at radius 2 is 1.80 bits per heavy atom. The zero-order chi connectivity index (χ0) is 19.0. The van der Waals surface area contributed by atoms with Crippen LogP contribution in [0.15, 0.2) is 24.3 Å². The molecule has 0 fully saturated rings. The molecule has 0 saturated carbocycles. The van der Waals surface area contributed by atoms with Crippen molar-refractivity contribution < 1.29 is 27.9 Å². The van der Waals surface area contributed by atoms with Gasteiger partial charge < -0.3 is 15.2 Å². The van der Waals surface area contributed by atoms with Crippen LogP contribution in [-0.4, -0.2) is 43.3 Å². The van der Waals surface area contributed by atoms with Gasteiger partial charge in [0.25, 0.3) is 0 Å². The van der Waals surface area contributed by atoms with Crippen molar-refractivity contribution in [2.24, 2.45) is 0 Å². The molecule has 0 radical (unpaired) electrons. The fourth-order valence-electron chi connectivity index (χ4n) is 2.04. The Hall–Kier alpha value is -2.29. The molecule has 8 nitrogen and oxygen atoms in total. The van der Waals surface area contributed by atoms with Crippen molar-refractivity contribution in [1.29, 1.82) is 0 Å². The number of carboxylic acid groups (broad SMARTS) is 1. The van der Waals surface area contributed by atoms with Crippen molar-refractivity contribution in [1.82, 2.24) is 5.32 Å². The molecule has 1 aromatic rings. The van der Waals surface area contributed by atoms with E-state index in [0.29, 0.717) is 12.2 Å². The van der Waals surface area contributed by atoms with Crippen molar-refractivity contribution in [3.63, 3.8) is 0 Å². The molecule has 0 spiro atoms. The Kier molecular flexibility index (Phi) is 7.69. The minimum absolute atomic E-state index is 0.00320. The first-order chi connectivity index (χ1) is 11.6. The van der Waals surface area contributed by atoms with Gasteiger partial charge in [0.1, 0.15) is 17.5 Å². The third kappa shape index (κ3) is 7.88. The van der Waals surface area contributed by atoms with Gasteiger partial charge in [-0.15, -0.1) is 0 Å². The standard InChI is InChI=1S/C16H24N2O6S/c1-4-5-14(16(20)21)17-15(19)10-25(22,23)18-12-6-8-13(9-7-12)24-11(2)3/h6-9,11,14,18H,4-5,10H2,1-3H3,(H,17,19)(H,20,21). The van der Waals surface area contributed by atoms with Gasteiger partial charge >= 0.3 is 5.97 Å². The summed E-state index contributed by atoms with van der Waals surface area (Å²) in [5.74, 6) is -2.32. The minimum Gasteiger partial charge on any atom is -0.491 e. The number of carboxylic acids is 1. The molecule has 1 atom stereocenters. The lowest BCUT2D eigenvalue weighted by atomic mass is 10.2. The molecule has 0 aliphatic heterocycles. The third-order valence-corrected chi connectivity index (χ3v) is 4.22. The highest BCUT2D eigenvalue weighted by Gasteiger charge is 2.23. The summed E-state index contributed by atoms with van der Waals surface area (Å²) in [5.41, 5.74) is 0.284. The summed E-state index contributed by atoms with van der Waals surface area (Å²) in [6.07, 6.45) is 0.773. The maximum absolute atomic E-state index is 12.0. The second-order valence-corrected chi connectivity index (χ2v) is 7.52. The molecular weight excluding hydrogens is 348 g/mol. The monoisotopic (exact) mass is 372 g/mol. The fraction of sp³-hybridized carbons (Fsp3) is 0.500. The van der Waals surface area contributed by atoms with Crippen LogP contribution in [0, 0.1) is 0 Å². The number of carbonyl (C=O) groups is 2. The van der Waals surface area contributed by atoms with Gasteiger partial charge in [-0.1, -0.05) is 13.3 Å². The van der Waals surface area contributed by atoms with Crippen LogP contribution >= 0.6 is 0 Å². The van der Waals surface area contributed by atoms with Crippen molar-refractivity contribution in [2.45, 2.75) is 45.8 Å². The number of amides is 1. The maximum atomic E-state index is 12.0. The number of anilines is 1. The van der Waals surface area contributed by atoms with E-state index in [4.69, 9.17) is 9.84 Å². The molecule has 1 rings (SSSR count). The lowest BCUT2D eigenvalue weighted by molar-refractivity contribution is -0.141. The summed E-state index contributed by atoms with van der Waals surface area (Å²) in [6.45, 7) is 5.52. The maximum Gasteiger partial charge on any atom is 0.326 e. The van der Waals surface area contributed by atoms with Gasteiger partial charge in [0, 0.05) is 5.69 Å². The van der Waals surface area contributed by atoms with Crippen LogP contribution in [0.4, 0.5) is 5.69 Å². The normalized spacial score (nSPS) is 12.5. The summed E-state index contributed by atoms with van der Waals surface area (Å²) in [4.78, 5) is 22.8. The number of carbonyl (C=O) groups excluding carboxylic acids is 1. The largest absolute Gasteiger partial charge is 0.491 e. The summed E-state index contributed by atoms with van der Waals surface area (Å²) in [7, 11) is -3.95. The van der Waals surface area contributed by atoms with E-state index in [1.807, 2.05) is 13.8 Å². The Labute approximate surface area is 147 Å². The first-order valence-electron chi connectivity index (χ1n) is 7.92. The Balaban J connectivity index is 2.65. The number of ether oxygens (including phenoxy) is 1. The first-order valence-corrected chi connectivity index (χ1v) is 9.57. The van der Waals surface area contributed by atoms with Crippen LogP contribution in [0.2, 0.25) is 0 Å². The van der Waals surface area contributed by atoms with Gasteiger partial charge in [-0.2, -0.15) is 0 Å². The zero-order valence-electron chi connectivity index (χ0n) is 14.5. The molecule has 0 aliphatic rings. The third-order valence-electron chi connectivity index (χ3n) is 3.03. The predicted octanol–water partition coefficient (Wildman–Crippen LogP) is 1.58. The molecule has 3 N–H and O–H groups in total. The highest BCUT2D eigenvalue weighted by atomic mass is 32.2. The van der Waals surface area contributed by atoms with Crippen molar-refractivity contribution in [3.05, 3.63) is 24.3 Å². The lowest BCUT2D eigenvalue weighted by Crippen LogP contribution is -2.43. The summed E-state index contributed by atoms with van der Waals surface area (Å²) < 4.78 is 31.8. The molecule has 1 amide bonds. The smallest absolute Gasteiger partial charge is 0.326 e. The number of hydrogen-bond donors (Lipinski definition) is 3. The van der Waals surface area contributed by atoms with Crippen molar-refractivity contribution >= 4 is 27.6 Å². The van der Waals surface area contributed by atoms with Crippen LogP contribution in [0.3, 0.4) is 0 Å². The van der Waals surface area contributed by atoms with E-state index in [9.17, 15) is 18.0 Å². The van der Waals surface area contributed by atoms with E-state index >= 15 is 0 Å². The lowest BCUT2D eigenvalue weighted by Gasteiger charge is -2.14. The molecule has 9 heteroatoms. The van der Waals surface area contributed by atoms with Crippen LogP contribution < -0.4 is 14.8 Å². The van der Waals surface area contributed by atoms with Crippen LogP contribution in [0.1, 0.15) is 33.6 Å². The number of hydrogen-bond acceptors (Lipinski definition) is 5. The first kappa shape index (κ1) is 20.8. The highest BCUT2D eigenvalue weighted by Crippen LogP contribution is 2.17. The van der Waals surface area contributed by atoms with E-state index in [0.717, 1.165) is 0 Å². The van der Waals surface area contributed by atoms with E-state index in [2.05, 4.69) is 10.0 Å². The van der Waals surface area contributed by atoms with Gasteiger partial charge in [0.2, 0.25) is 15.9 Å². The Morgan fingerprint density at radius 1 is 1.20 bits per heavy atom. The summed E-state index contributed by atoms with van der Waals surface area (Å²) in [6, 6.07) is 5.16. The molecule has 0 heterocycles. The number of nitrogens with one attached hydrogen (secondary N) is 2. The van der Waals surface area contributed by atoms with Crippen LogP contribution in [-0.2, 0) is 19.6 Å². The molecule has 1 unspecified atom stereocenters. The zero-order valence-corrected chi connectivity index (χ0v) is 15.3. The van der Waals surface area contributed by atoms with Crippen molar-refractivity contribution in [3.8, 4) is 5.75 Å². The fourth-order valence-corrected chi connectivity index (χ4v) is 3.04. The number of sulfonamides is 1. The van der Waals surface area contributed by atoms with E-state index in [1.165, 1.54) is 12.1 Å². The van der Waals surface area contributed by atoms with E-state index in [-0.39, 0.29) is 18.2 Å². The van der Waals surface area contributed by atoms with Crippen LogP contribution in [0.5, 0.6) is 5.75 Å². The average molecular weight is 372 g/mol. The highest BCUT2D eigenvalue weighted by molar-refractivity contribution is 7.93. The summed E-state index contributed by atoms with van der Waals surface area (Å²) >= 11 is 0. The van der Waals surface area contributed by atoms with Gasteiger partial charge in [-0.25, -0.2) is 13.2 Å². The molecule has 1 aromatic carbocycles. The van der Waals surface area contributed by atoms with E-state index < -0.39 is 33.7 Å². The van der Waals surface area contributed by atoms with Gasteiger partial charge in [-0.3, -0.25) is 9.52 Å². The molecular formula is C16H24N2O6S. The van der Waals surface area contributed by atoms with Crippen LogP contribution in [0.25, 0.3) is 0 Å². The summed E-state index contributed by atoms with van der Waals surface area (Å²) in [5, 5.41) is 11.2. The van der Waals surface area contributed by atoms with Gasteiger partial charge in [-0.05, 0) is 44.5 Å². The Bertz CT molecular complexity index is 685. The molecule has 0 aromatic heterocycles. The molecule has 0 aliphatic carbocycles. The molecule has 0 bridgehead atoms. The number of aliphatic carboxylic acids is 1. The van der Waals surface area contributed by atoms with E-state index in [1.54, 1.807) is 19.1 Å². The number of rotatable bonds is 10. The van der Waals surface area contributed by atoms with Crippen molar-refractivity contribution in [2.75, 3.05) is 10.5 Å². The topological polar surface area (TPSA) is 122 Å². The molecule has 25 heavy (non-hydrogen) atoms. The predicted molar refractivity (Wildman–Crippen MR) is 94.1 cm³/mol. The average Bonchev–Trinajstić information content (AvgIpc) is 2.47. The quantitative estimate of drug-likeness (QED) is 0.573. The second kappa shape index (κ2) is 9.26. The molecule has 0 saturated heterocycles. The molecule has 140 valence electrons. The number of benzene rings is 1. The SMILES string of the molecule is CCCC(NC(=O)CS(=O)(=O)Nc1ccc(OC(C)C)cc1)C(=O)O. The second-order valence-electron chi connectivity index (χ2n) is 5.80. The van der Waals surface area contributed by atoms with Gasteiger partial charge in [0.15, 0.2) is 0 Å². The van der Waals surface area contributed by atoms with Gasteiger partial charge in [0.05, 0.1) is 6.10 Å². The minimum atomic E-state index is -3.95.